The number of allylic oxidation sites excluding steroid dienone is 1. The van der Waals surface area contributed by atoms with Crippen molar-refractivity contribution in [1.29, 1.82) is 0 Å². The largest absolute Gasteiger partial charge is 0.394 e. The van der Waals surface area contributed by atoms with Crippen LogP contribution in [0.5, 0.6) is 0 Å². The van der Waals surface area contributed by atoms with Crippen molar-refractivity contribution in [3.8, 4) is 0 Å². The lowest BCUT2D eigenvalue weighted by Crippen LogP contribution is -2.68. The minimum atomic E-state index is -1.87. The minimum Gasteiger partial charge on any atom is -0.394 e. The van der Waals surface area contributed by atoms with E-state index in [1.165, 1.54) is 6.92 Å². The van der Waals surface area contributed by atoms with Gasteiger partial charge >= 0.3 is 0 Å². The molecule has 21 heteroatoms. The molecule has 21 nitrogen and oxygen atoms in total. The fraction of sp³-hybridized carbons (Fsp3) is 0.962. The second-order valence-corrected chi connectivity index (χ2v) is 25.3. The molecule has 6 heterocycles. The number of ether oxygens (including phenoxy) is 10. The Morgan fingerprint density at radius 2 is 1.32 bits per heavy atom. The maximum Gasteiger partial charge on any atom is 0.187 e. The van der Waals surface area contributed by atoms with Crippen molar-refractivity contribution >= 4 is 0 Å². The average molecular weight is 1050 g/mol. The van der Waals surface area contributed by atoms with Crippen molar-refractivity contribution < 1.29 is 104 Å². The second-order valence-electron chi connectivity index (χ2n) is 25.3. The van der Waals surface area contributed by atoms with Gasteiger partial charge in [-0.3, -0.25) is 0 Å². The Bertz CT molecular complexity index is 2010. The summed E-state index contributed by atoms with van der Waals surface area (Å²) in [6.45, 7) is 15.9. The summed E-state index contributed by atoms with van der Waals surface area (Å²) >= 11 is 0. The molecular formula is C52H84O21. The third-order valence-electron chi connectivity index (χ3n) is 20.4. The van der Waals surface area contributed by atoms with Crippen LogP contribution in [0.2, 0.25) is 0 Å². The summed E-state index contributed by atoms with van der Waals surface area (Å²) in [5.74, 6) is -0.230. The molecular weight excluding hydrogens is 961 g/mol. The van der Waals surface area contributed by atoms with E-state index in [2.05, 4.69) is 47.6 Å². The lowest BCUT2D eigenvalue weighted by Gasteiger charge is -2.70. The smallest absolute Gasteiger partial charge is 0.187 e. The number of fused-ring (bicyclic) bond motifs is 4. The summed E-state index contributed by atoms with van der Waals surface area (Å²) in [6.07, 6.45) is -20.8. The zero-order valence-corrected chi connectivity index (χ0v) is 43.4. The molecule has 0 aromatic carbocycles. The van der Waals surface area contributed by atoms with Gasteiger partial charge in [0.25, 0.3) is 0 Å². The van der Waals surface area contributed by atoms with Gasteiger partial charge in [-0.2, -0.15) is 0 Å². The molecule has 4 aliphatic carbocycles. The average Bonchev–Trinajstić information content (AvgIpc) is 3.85. The summed E-state index contributed by atoms with van der Waals surface area (Å²) in [5, 5.41) is 121. The maximum absolute atomic E-state index is 12.3. The molecule has 11 N–H and O–H groups in total. The summed E-state index contributed by atoms with van der Waals surface area (Å²) in [6, 6.07) is 0. The molecule has 73 heavy (non-hydrogen) atoms. The first-order valence-electron chi connectivity index (χ1n) is 26.8. The van der Waals surface area contributed by atoms with Crippen LogP contribution in [0, 0.1) is 45.3 Å². The molecule has 1 unspecified atom stereocenters. The number of aliphatic hydroxyl groups excluding tert-OH is 10. The van der Waals surface area contributed by atoms with Crippen LogP contribution in [0.15, 0.2) is 11.6 Å². The van der Waals surface area contributed by atoms with Gasteiger partial charge in [0.05, 0.1) is 50.3 Å². The molecule has 10 aliphatic rings. The summed E-state index contributed by atoms with van der Waals surface area (Å²) in [5.41, 5.74) is -0.717. The van der Waals surface area contributed by atoms with E-state index < -0.39 is 147 Å². The van der Waals surface area contributed by atoms with Crippen LogP contribution in [-0.4, -0.2) is 217 Å². The van der Waals surface area contributed by atoms with Gasteiger partial charge in [0.2, 0.25) is 0 Å². The highest BCUT2D eigenvalue weighted by Crippen LogP contribution is 2.80. The molecule has 6 aliphatic heterocycles. The van der Waals surface area contributed by atoms with Gasteiger partial charge in [-0.05, 0) is 100 Å². The molecule has 6 saturated heterocycles. The van der Waals surface area contributed by atoms with Crippen LogP contribution < -0.4 is 0 Å². The van der Waals surface area contributed by atoms with Crippen molar-refractivity contribution in [2.75, 3.05) is 26.4 Å². The number of aliphatic hydroxyl groups is 11. The van der Waals surface area contributed by atoms with Gasteiger partial charge in [0, 0.05) is 24.2 Å². The van der Waals surface area contributed by atoms with E-state index in [1.807, 2.05) is 6.92 Å². The van der Waals surface area contributed by atoms with Gasteiger partial charge in [-0.15, -0.1) is 0 Å². The molecule has 0 radical (unpaired) electrons. The van der Waals surface area contributed by atoms with Crippen molar-refractivity contribution in [2.45, 2.75) is 241 Å². The van der Waals surface area contributed by atoms with Crippen molar-refractivity contribution in [1.82, 2.24) is 0 Å². The van der Waals surface area contributed by atoms with Gasteiger partial charge in [0.1, 0.15) is 79.4 Å². The summed E-state index contributed by atoms with van der Waals surface area (Å²) < 4.78 is 63.4. The molecule has 0 aromatic rings. The third kappa shape index (κ3) is 8.77. The van der Waals surface area contributed by atoms with E-state index in [0.29, 0.717) is 25.4 Å². The second kappa shape index (κ2) is 19.6. The molecule has 2 bridgehead atoms. The van der Waals surface area contributed by atoms with E-state index in [1.54, 1.807) is 0 Å². The predicted octanol–water partition coefficient (Wildman–Crippen LogP) is -0.542. The quantitative estimate of drug-likeness (QED) is 0.0967. The van der Waals surface area contributed by atoms with Crippen LogP contribution in [0.25, 0.3) is 0 Å². The van der Waals surface area contributed by atoms with Gasteiger partial charge in [-0.25, -0.2) is 0 Å². The van der Waals surface area contributed by atoms with Crippen LogP contribution in [0.3, 0.4) is 0 Å². The topological polar surface area (TPSA) is 315 Å². The van der Waals surface area contributed by atoms with Gasteiger partial charge in [0.15, 0.2) is 30.9 Å². The first kappa shape index (κ1) is 55.2. The van der Waals surface area contributed by atoms with Gasteiger partial charge in [-0.1, -0.05) is 39.3 Å². The van der Waals surface area contributed by atoms with E-state index in [-0.39, 0.29) is 46.7 Å². The maximum atomic E-state index is 12.3. The van der Waals surface area contributed by atoms with Crippen molar-refractivity contribution in [2.24, 2.45) is 45.3 Å². The van der Waals surface area contributed by atoms with Crippen molar-refractivity contribution in [3.63, 3.8) is 0 Å². The molecule has 2 spiro atoms. The summed E-state index contributed by atoms with van der Waals surface area (Å²) in [4.78, 5) is 0. The number of hydrogen-bond donors (Lipinski definition) is 11. The molecule has 418 valence electrons. The van der Waals surface area contributed by atoms with Gasteiger partial charge < -0.3 is 104 Å². The molecule has 0 aromatic heterocycles. The zero-order valence-electron chi connectivity index (χ0n) is 43.4. The Morgan fingerprint density at radius 1 is 0.644 bits per heavy atom. The normalized spacial score (nSPS) is 57.5. The van der Waals surface area contributed by atoms with Crippen LogP contribution in [-0.2, 0) is 47.4 Å². The fourth-order valence-electron chi connectivity index (χ4n) is 16.9. The molecule has 4 saturated carbocycles. The standard InChI is InChI=1S/C52H84O21/c1-22(2)15-24-16-50(8,63)42-25-9-10-30-48(6)13-12-31(47(4,5)29(48)11-14-49(30,7)51(25)20-52(42,73-24)66-21-51)69-45-41(72-44-38(62)35(59)32(56)23(3)67-44)39(27(55)19-65-45)70-46-40(36(60)34(58)28(17-53)68-46)71-43-37(61)33(57)26(54)18-64-43/h15,23-46,53-63H,9-14,16-21H2,1-8H3/t23-,24-,25?,26+,27-,28+,29-,30+,31-,32-,33-,34+,35+,36-,37+,38+,39-,40+,41+,42-,43-,44-,45-,46-,48-,49+,50-,51-,52-/m0/s1. The summed E-state index contributed by atoms with van der Waals surface area (Å²) in [7, 11) is 0. The Kier molecular flexibility index (Phi) is 14.8. The molecule has 0 amide bonds. The minimum absolute atomic E-state index is 0.108. The molecule has 10 rings (SSSR count). The van der Waals surface area contributed by atoms with Crippen LogP contribution in [0.4, 0.5) is 0 Å². The highest BCUT2D eigenvalue weighted by Gasteiger charge is 2.81. The lowest BCUT2D eigenvalue weighted by atomic mass is 9.35. The molecule has 29 atom stereocenters. The van der Waals surface area contributed by atoms with Crippen LogP contribution >= 0.6 is 0 Å². The number of rotatable bonds is 10. The lowest BCUT2D eigenvalue weighted by molar-refractivity contribution is -0.399. The van der Waals surface area contributed by atoms with E-state index in [4.69, 9.17) is 47.4 Å². The Balaban J connectivity index is 0.919. The fourth-order valence-corrected chi connectivity index (χ4v) is 16.9. The first-order chi connectivity index (χ1) is 34.2. The van der Waals surface area contributed by atoms with Crippen molar-refractivity contribution in [3.05, 3.63) is 11.6 Å². The Hall–Kier alpha value is -1.10. The predicted molar refractivity (Wildman–Crippen MR) is 250 cm³/mol. The highest BCUT2D eigenvalue weighted by atomic mass is 16.8. The molecule has 10 fully saturated rings. The zero-order chi connectivity index (χ0) is 52.7. The SMILES string of the molecule is CC(C)=C[C@H]1C[C@](C)(O)[C@@H]2C3CC[C@@H]4[C@@]5(C)CC[C@H](O[C@@H]6OC[C@H](O)[C@H](O[C@@H]7O[C@H](CO)[C@@H](O)[C@H](O)[C@H]7O[C@@H]7OC[C@@H](O)[C@H](O)[C@H]7O)[C@H]6O[C@@H]6O[C@@H](C)[C@H](O)[C@@H](O)[C@H]6O)C(C)(C)[C@@H]5CC[C@@]4(C)[C@@]34CO[C@@]2(C4)O1. The Labute approximate surface area is 426 Å². The van der Waals surface area contributed by atoms with E-state index in [0.717, 1.165) is 44.1 Å². The number of hydrogen-bond acceptors (Lipinski definition) is 21. The third-order valence-corrected chi connectivity index (χ3v) is 20.4. The monoisotopic (exact) mass is 1040 g/mol. The first-order valence-corrected chi connectivity index (χ1v) is 26.8. The Morgan fingerprint density at radius 3 is 2.03 bits per heavy atom. The van der Waals surface area contributed by atoms with E-state index >= 15 is 0 Å². The highest BCUT2D eigenvalue weighted by molar-refractivity contribution is 5.27. The van der Waals surface area contributed by atoms with Crippen LogP contribution in [0.1, 0.15) is 107 Å². The van der Waals surface area contributed by atoms with E-state index in [9.17, 15) is 56.2 Å².